The molecule has 1 aliphatic rings. The molecule has 1 aliphatic heterocycles. The molecule has 1 saturated heterocycles. The molecule has 0 saturated carbocycles. The number of carbonyl (C=O) groups is 1. The predicted octanol–water partition coefficient (Wildman–Crippen LogP) is 1.71. The summed E-state index contributed by atoms with van der Waals surface area (Å²) in [5.41, 5.74) is 0.991. The van der Waals surface area contributed by atoms with Crippen molar-refractivity contribution in [2.45, 2.75) is 25.5 Å². The molecule has 0 bridgehead atoms. The number of nitrogens with zero attached hydrogens (tertiary/aromatic N) is 2. The first-order chi connectivity index (χ1) is 10.2. The molecule has 2 rings (SSSR count). The first-order valence-electron chi connectivity index (χ1n) is 7.47. The number of aliphatic hydroxyl groups excluding tert-OH is 1. The van der Waals surface area contributed by atoms with Crippen LogP contribution in [0.3, 0.4) is 0 Å². The van der Waals surface area contributed by atoms with Crippen LogP contribution >= 0.6 is 0 Å². The number of likely N-dealkylation sites (tertiary alicyclic amines) is 1. The van der Waals surface area contributed by atoms with E-state index in [0.717, 1.165) is 31.5 Å². The number of hydrogen-bond donors (Lipinski definition) is 1. The molecule has 0 spiro atoms. The molecule has 0 unspecified atom stereocenters. The van der Waals surface area contributed by atoms with E-state index >= 15 is 0 Å². The number of β-amino-alcohol motifs (C(OH)–C–C–N with tert-alkyl or cyclic N) is 1. The molecule has 0 radical (unpaired) electrons. The van der Waals surface area contributed by atoms with E-state index in [1.54, 1.807) is 11.9 Å². The zero-order valence-electron chi connectivity index (χ0n) is 12.6. The number of amides is 1. The number of likely N-dealkylation sites (N-methyl/N-ethyl adjacent to an activating group) is 1. The Morgan fingerprint density at radius 3 is 2.90 bits per heavy atom. The van der Waals surface area contributed by atoms with E-state index in [0.29, 0.717) is 13.2 Å². The fourth-order valence-corrected chi connectivity index (χ4v) is 2.66. The summed E-state index contributed by atoms with van der Waals surface area (Å²) in [7, 11) is 1.79. The van der Waals surface area contributed by atoms with Gasteiger partial charge in [0.15, 0.2) is 0 Å². The Balaban J connectivity index is 1.81. The highest BCUT2D eigenvalue weighted by atomic mass is 16.6. The third-order valence-electron chi connectivity index (χ3n) is 3.94. The maximum Gasteiger partial charge on any atom is 0.410 e. The van der Waals surface area contributed by atoms with Gasteiger partial charge in [-0.25, -0.2) is 4.79 Å². The summed E-state index contributed by atoms with van der Waals surface area (Å²) < 4.78 is 5.36. The van der Waals surface area contributed by atoms with E-state index in [4.69, 9.17) is 9.84 Å². The maximum atomic E-state index is 12.1. The van der Waals surface area contributed by atoms with Gasteiger partial charge >= 0.3 is 6.09 Å². The van der Waals surface area contributed by atoms with Crippen LogP contribution in [-0.2, 0) is 11.3 Å². The van der Waals surface area contributed by atoms with Gasteiger partial charge in [-0.1, -0.05) is 30.3 Å². The van der Waals surface area contributed by atoms with Gasteiger partial charge in [-0.05, 0) is 24.9 Å². The average molecular weight is 292 g/mol. The van der Waals surface area contributed by atoms with Crippen molar-refractivity contribution < 1.29 is 14.6 Å². The van der Waals surface area contributed by atoms with E-state index in [1.165, 1.54) is 0 Å². The smallest absolute Gasteiger partial charge is 0.410 e. The van der Waals surface area contributed by atoms with Crippen molar-refractivity contribution in [3.63, 3.8) is 0 Å². The van der Waals surface area contributed by atoms with Gasteiger partial charge in [0.1, 0.15) is 6.61 Å². The van der Waals surface area contributed by atoms with Gasteiger partial charge < -0.3 is 14.7 Å². The van der Waals surface area contributed by atoms with E-state index in [1.807, 2.05) is 30.3 Å². The Morgan fingerprint density at radius 1 is 1.43 bits per heavy atom. The lowest BCUT2D eigenvalue weighted by Gasteiger charge is -2.36. The molecule has 0 aromatic heterocycles. The molecule has 1 amide bonds. The molecular weight excluding hydrogens is 268 g/mol. The monoisotopic (exact) mass is 292 g/mol. The predicted molar refractivity (Wildman–Crippen MR) is 80.9 cm³/mol. The summed E-state index contributed by atoms with van der Waals surface area (Å²) in [5.74, 6) is 0. The number of benzene rings is 1. The van der Waals surface area contributed by atoms with Crippen LogP contribution in [0.25, 0.3) is 0 Å². The van der Waals surface area contributed by atoms with Crippen molar-refractivity contribution in [3.05, 3.63) is 35.9 Å². The lowest BCUT2D eigenvalue weighted by atomic mass is 10.1. The Bertz CT molecular complexity index is 436. The molecule has 1 atom stereocenters. The molecular formula is C16H24N2O3. The minimum Gasteiger partial charge on any atom is -0.445 e. The van der Waals surface area contributed by atoms with E-state index in [9.17, 15) is 4.79 Å². The van der Waals surface area contributed by atoms with E-state index in [2.05, 4.69) is 4.90 Å². The number of carbonyl (C=O) groups excluding carboxylic acids is 1. The second kappa shape index (κ2) is 8.00. The highest BCUT2D eigenvalue weighted by molar-refractivity contribution is 5.67. The van der Waals surface area contributed by atoms with Crippen LogP contribution in [0.15, 0.2) is 30.3 Å². The van der Waals surface area contributed by atoms with Crippen LogP contribution in [0.4, 0.5) is 4.79 Å². The Labute approximate surface area is 126 Å². The van der Waals surface area contributed by atoms with Gasteiger partial charge in [0.2, 0.25) is 0 Å². The van der Waals surface area contributed by atoms with Crippen LogP contribution in [-0.4, -0.2) is 60.3 Å². The molecule has 1 fully saturated rings. The largest absolute Gasteiger partial charge is 0.445 e. The first kappa shape index (κ1) is 15.8. The van der Waals surface area contributed by atoms with Crippen molar-refractivity contribution >= 4 is 6.09 Å². The second-order valence-corrected chi connectivity index (χ2v) is 5.47. The summed E-state index contributed by atoms with van der Waals surface area (Å²) in [6, 6.07) is 9.85. The van der Waals surface area contributed by atoms with Gasteiger partial charge in [0, 0.05) is 26.2 Å². The van der Waals surface area contributed by atoms with Crippen LogP contribution in [0, 0.1) is 0 Å². The van der Waals surface area contributed by atoms with E-state index < -0.39 is 0 Å². The Hall–Kier alpha value is -1.59. The Morgan fingerprint density at radius 2 is 2.19 bits per heavy atom. The van der Waals surface area contributed by atoms with Gasteiger partial charge in [0.25, 0.3) is 0 Å². The molecule has 1 aromatic carbocycles. The van der Waals surface area contributed by atoms with Crippen molar-refractivity contribution in [1.29, 1.82) is 0 Å². The van der Waals surface area contributed by atoms with Crippen LogP contribution in [0.2, 0.25) is 0 Å². The number of hydrogen-bond acceptors (Lipinski definition) is 4. The summed E-state index contributed by atoms with van der Waals surface area (Å²) in [6.07, 6.45) is 1.74. The normalized spacial score (nSPS) is 19.2. The highest BCUT2D eigenvalue weighted by Gasteiger charge is 2.26. The molecule has 5 heteroatoms. The lowest BCUT2D eigenvalue weighted by Crippen LogP contribution is -2.49. The van der Waals surface area contributed by atoms with Gasteiger partial charge in [-0.15, -0.1) is 0 Å². The topological polar surface area (TPSA) is 53.0 Å². The third kappa shape index (κ3) is 4.72. The summed E-state index contributed by atoms with van der Waals surface area (Å²) in [4.78, 5) is 16.0. The average Bonchev–Trinajstić information content (AvgIpc) is 2.53. The number of aliphatic hydroxyl groups is 1. The number of piperidine rings is 1. The molecule has 5 nitrogen and oxygen atoms in total. The molecule has 21 heavy (non-hydrogen) atoms. The Kier molecular flexibility index (Phi) is 6.02. The SMILES string of the molecule is CN(C(=O)OCc1ccccc1)[C@@H]1CCCN(CCO)C1. The number of ether oxygens (including phenoxy) is 1. The van der Waals surface area contributed by atoms with Crippen molar-refractivity contribution in [1.82, 2.24) is 9.80 Å². The van der Waals surface area contributed by atoms with Crippen LogP contribution in [0.5, 0.6) is 0 Å². The molecule has 1 aromatic rings. The number of rotatable bonds is 5. The van der Waals surface area contributed by atoms with Gasteiger partial charge in [0.05, 0.1) is 6.61 Å². The third-order valence-corrected chi connectivity index (χ3v) is 3.94. The molecule has 1 N–H and O–H groups in total. The zero-order chi connectivity index (χ0) is 15.1. The second-order valence-electron chi connectivity index (χ2n) is 5.47. The lowest BCUT2D eigenvalue weighted by molar-refractivity contribution is 0.0639. The summed E-state index contributed by atoms with van der Waals surface area (Å²) in [5, 5.41) is 9.02. The van der Waals surface area contributed by atoms with Crippen LogP contribution in [0.1, 0.15) is 18.4 Å². The van der Waals surface area contributed by atoms with Crippen molar-refractivity contribution in [2.75, 3.05) is 33.3 Å². The summed E-state index contributed by atoms with van der Waals surface area (Å²) >= 11 is 0. The fourth-order valence-electron chi connectivity index (χ4n) is 2.66. The van der Waals surface area contributed by atoms with E-state index in [-0.39, 0.29) is 18.7 Å². The summed E-state index contributed by atoms with van der Waals surface area (Å²) in [6.45, 7) is 2.93. The first-order valence-corrected chi connectivity index (χ1v) is 7.47. The van der Waals surface area contributed by atoms with Crippen LogP contribution < -0.4 is 0 Å². The zero-order valence-corrected chi connectivity index (χ0v) is 12.6. The fraction of sp³-hybridized carbons (Fsp3) is 0.562. The minimum absolute atomic E-state index is 0.161. The molecule has 116 valence electrons. The molecule has 1 heterocycles. The molecule has 0 aliphatic carbocycles. The quantitative estimate of drug-likeness (QED) is 0.897. The van der Waals surface area contributed by atoms with Gasteiger partial charge in [-0.3, -0.25) is 4.90 Å². The minimum atomic E-state index is -0.283. The van der Waals surface area contributed by atoms with Gasteiger partial charge in [-0.2, -0.15) is 0 Å². The van der Waals surface area contributed by atoms with Crippen molar-refractivity contribution in [3.8, 4) is 0 Å². The van der Waals surface area contributed by atoms with Crippen molar-refractivity contribution in [2.24, 2.45) is 0 Å². The maximum absolute atomic E-state index is 12.1. The highest BCUT2D eigenvalue weighted by Crippen LogP contribution is 2.15. The standard InChI is InChI=1S/C16H24N2O3/c1-17(15-8-5-9-18(12-15)10-11-19)16(20)21-13-14-6-3-2-4-7-14/h2-4,6-7,15,19H,5,8-13H2,1H3/t15-/m1/s1.